The second-order valence-corrected chi connectivity index (χ2v) is 7.79. The molecule has 0 aromatic carbocycles. The number of hydrogen-bond acceptors (Lipinski definition) is 3. The van der Waals surface area contributed by atoms with Gasteiger partial charge in [0.1, 0.15) is 0 Å². The van der Waals surface area contributed by atoms with Gasteiger partial charge in [-0.2, -0.15) is 21.6 Å². The van der Waals surface area contributed by atoms with Gasteiger partial charge in [-0.15, -0.1) is 0 Å². The summed E-state index contributed by atoms with van der Waals surface area (Å²) in [5.74, 6) is -1.10. The Bertz CT molecular complexity index is 436. The SMILES string of the molecule is CCCCCCCCCCCCCCC(=O)NS(=O)(=O)C(F)(F)F. The zero-order valence-electron chi connectivity index (χ0n) is 14.5. The van der Waals surface area contributed by atoms with E-state index in [2.05, 4.69) is 6.92 Å². The summed E-state index contributed by atoms with van der Waals surface area (Å²) in [6.45, 7) is 2.19. The number of halogens is 3. The van der Waals surface area contributed by atoms with Crippen LogP contribution in [-0.2, 0) is 14.8 Å². The van der Waals surface area contributed by atoms with Gasteiger partial charge in [-0.05, 0) is 6.42 Å². The zero-order valence-corrected chi connectivity index (χ0v) is 15.3. The maximum Gasteiger partial charge on any atom is 0.516 e. The van der Waals surface area contributed by atoms with Crippen LogP contribution in [0.5, 0.6) is 0 Å². The first-order valence-electron chi connectivity index (χ1n) is 8.82. The minimum Gasteiger partial charge on any atom is -0.274 e. The van der Waals surface area contributed by atoms with Gasteiger partial charge in [0.15, 0.2) is 0 Å². The smallest absolute Gasteiger partial charge is 0.274 e. The molecule has 0 aliphatic heterocycles. The summed E-state index contributed by atoms with van der Waals surface area (Å²) in [5.41, 5.74) is -5.45. The molecule has 1 amide bonds. The normalized spacial score (nSPS) is 12.3. The third-order valence-corrected chi connectivity index (χ3v) is 4.92. The Morgan fingerprint density at radius 1 is 0.792 bits per heavy atom. The van der Waals surface area contributed by atoms with E-state index in [-0.39, 0.29) is 6.42 Å². The first kappa shape index (κ1) is 23.2. The number of nitrogens with one attached hydrogen (secondary N) is 1. The van der Waals surface area contributed by atoms with Crippen molar-refractivity contribution < 1.29 is 26.4 Å². The topological polar surface area (TPSA) is 63.2 Å². The molecule has 144 valence electrons. The Kier molecular flexibility index (Phi) is 12.1. The second kappa shape index (κ2) is 12.6. The number of alkyl halides is 3. The summed E-state index contributed by atoms with van der Waals surface area (Å²) in [6, 6.07) is 0. The van der Waals surface area contributed by atoms with E-state index in [0.29, 0.717) is 6.42 Å². The molecule has 0 heterocycles. The molecule has 0 aromatic rings. The van der Waals surface area contributed by atoms with Gasteiger partial charge in [-0.1, -0.05) is 77.6 Å². The number of carbonyl (C=O) groups excluding carboxylic acids is 1. The van der Waals surface area contributed by atoms with Crippen molar-refractivity contribution in [3.05, 3.63) is 0 Å². The Hall–Kier alpha value is -0.790. The Balaban J connectivity index is 3.49. The number of hydrogen-bond donors (Lipinski definition) is 1. The molecule has 0 saturated heterocycles. The van der Waals surface area contributed by atoms with E-state index in [1.165, 1.54) is 44.9 Å². The summed E-state index contributed by atoms with van der Waals surface area (Å²) in [4.78, 5) is 11.2. The van der Waals surface area contributed by atoms with Crippen molar-refractivity contribution in [2.45, 2.75) is 95.9 Å². The summed E-state index contributed by atoms with van der Waals surface area (Å²) >= 11 is 0. The molecule has 0 spiro atoms. The highest BCUT2D eigenvalue weighted by Gasteiger charge is 2.46. The van der Waals surface area contributed by atoms with Gasteiger partial charge in [0.2, 0.25) is 5.91 Å². The fraction of sp³-hybridized carbons (Fsp3) is 0.938. The molecule has 0 rings (SSSR count). The van der Waals surface area contributed by atoms with Crippen molar-refractivity contribution in [3.8, 4) is 0 Å². The van der Waals surface area contributed by atoms with Crippen LogP contribution in [0.2, 0.25) is 0 Å². The van der Waals surface area contributed by atoms with Crippen LogP contribution in [-0.4, -0.2) is 19.8 Å². The molecular weight excluding hydrogens is 343 g/mol. The monoisotopic (exact) mass is 373 g/mol. The van der Waals surface area contributed by atoms with Crippen molar-refractivity contribution in [2.24, 2.45) is 0 Å². The number of amides is 1. The second-order valence-electron chi connectivity index (χ2n) is 6.11. The predicted octanol–water partition coefficient (Wildman–Crippen LogP) is 5.04. The van der Waals surface area contributed by atoms with Gasteiger partial charge in [0.25, 0.3) is 0 Å². The maximum atomic E-state index is 12.1. The van der Waals surface area contributed by atoms with Crippen molar-refractivity contribution in [2.75, 3.05) is 0 Å². The van der Waals surface area contributed by atoms with Gasteiger partial charge >= 0.3 is 15.5 Å². The first-order valence-corrected chi connectivity index (χ1v) is 10.3. The molecule has 1 N–H and O–H groups in total. The van der Waals surface area contributed by atoms with E-state index in [1.807, 2.05) is 0 Å². The van der Waals surface area contributed by atoms with Gasteiger partial charge < -0.3 is 0 Å². The minimum absolute atomic E-state index is 0.202. The largest absolute Gasteiger partial charge is 0.516 e. The van der Waals surface area contributed by atoms with Crippen LogP contribution in [0.3, 0.4) is 0 Å². The lowest BCUT2D eigenvalue weighted by Crippen LogP contribution is -2.40. The summed E-state index contributed by atoms with van der Waals surface area (Å²) in [5, 5.41) is 0. The predicted molar refractivity (Wildman–Crippen MR) is 88.8 cm³/mol. The molecule has 4 nitrogen and oxygen atoms in total. The fourth-order valence-electron chi connectivity index (χ4n) is 2.39. The molecule has 0 aromatic heterocycles. The molecule has 0 saturated carbocycles. The molecule has 0 bridgehead atoms. The van der Waals surface area contributed by atoms with Crippen LogP contribution >= 0.6 is 0 Å². The van der Waals surface area contributed by atoms with Crippen LogP contribution in [0.1, 0.15) is 90.4 Å². The van der Waals surface area contributed by atoms with Gasteiger partial charge in [0, 0.05) is 6.42 Å². The average Bonchev–Trinajstić information content (AvgIpc) is 2.46. The minimum atomic E-state index is -5.56. The van der Waals surface area contributed by atoms with Crippen LogP contribution in [0.25, 0.3) is 0 Å². The van der Waals surface area contributed by atoms with E-state index in [1.54, 1.807) is 0 Å². The van der Waals surface area contributed by atoms with Crippen molar-refractivity contribution in [1.29, 1.82) is 0 Å². The maximum absolute atomic E-state index is 12.1. The van der Waals surface area contributed by atoms with Crippen LogP contribution in [0.15, 0.2) is 0 Å². The van der Waals surface area contributed by atoms with E-state index in [0.717, 1.165) is 30.4 Å². The number of sulfonamides is 1. The Labute approximate surface area is 143 Å². The van der Waals surface area contributed by atoms with Gasteiger partial charge in [-0.3, -0.25) is 4.79 Å². The lowest BCUT2D eigenvalue weighted by molar-refractivity contribution is -0.120. The Morgan fingerprint density at radius 2 is 1.17 bits per heavy atom. The molecule has 0 radical (unpaired) electrons. The van der Waals surface area contributed by atoms with Crippen LogP contribution in [0.4, 0.5) is 13.2 Å². The molecule has 0 unspecified atom stereocenters. The van der Waals surface area contributed by atoms with E-state index < -0.39 is 21.4 Å². The van der Waals surface area contributed by atoms with E-state index >= 15 is 0 Å². The number of rotatable bonds is 14. The van der Waals surface area contributed by atoms with Crippen LogP contribution < -0.4 is 4.72 Å². The standard InChI is InChI=1S/C16H30F3NO3S/c1-2-3-4-5-6-7-8-9-10-11-12-13-14-15(21)20-24(22,23)16(17,18)19/h2-14H2,1H3,(H,20,21). The lowest BCUT2D eigenvalue weighted by atomic mass is 10.0. The highest BCUT2D eigenvalue weighted by Crippen LogP contribution is 2.21. The van der Waals surface area contributed by atoms with E-state index in [9.17, 15) is 26.4 Å². The summed E-state index contributed by atoms with van der Waals surface area (Å²) in [6.07, 6.45) is 12.9. The third kappa shape index (κ3) is 11.7. The molecule has 0 aliphatic rings. The molecule has 0 atom stereocenters. The third-order valence-electron chi connectivity index (χ3n) is 3.81. The van der Waals surface area contributed by atoms with Crippen molar-refractivity contribution >= 4 is 15.9 Å². The quantitative estimate of drug-likeness (QED) is 0.434. The van der Waals surface area contributed by atoms with E-state index in [4.69, 9.17) is 0 Å². The molecule has 0 fully saturated rings. The summed E-state index contributed by atoms with van der Waals surface area (Å²) in [7, 11) is -5.56. The number of unbranched alkanes of at least 4 members (excludes halogenated alkanes) is 11. The zero-order chi connectivity index (χ0) is 18.5. The van der Waals surface area contributed by atoms with Crippen molar-refractivity contribution in [1.82, 2.24) is 4.72 Å². The highest BCUT2D eigenvalue weighted by molar-refractivity contribution is 7.90. The highest BCUT2D eigenvalue weighted by atomic mass is 32.2. The molecule has 0 aliphatic carbocycles. The van der Waals surface area contributed by atoms with Crippen LogP contribution in [0, 0.1) is 0 Å². The molecule has 8 heteroatoms. The van der Waals surface area contributed by atoms with Crippen molar-refractivity contribution in [3.63, 3.8) is 0 Å². The first-order chi connectivity index (χ1) is 11.2. The molecular formula is C16H30F3NO3S. The van der Waals surface area contributed by atoms with Gasteiger partial charge in [0.05, 0.1) is 0 Å². The fourth-order valence-corrected chi connectivity index (χ4v) is 2.90. The Morgan fingerprint density at radius 3 is 1.54 bits per heavy atom. The summed E-state index contributed by atoms with van der Waals surface area (Å²) < 4.78 is 58.7. The lowest BCUT2D eigenvalue weighted by Gasteiger charge is -2.09. The average molecular weight is 373 g/mol. The van der Waals surface area contributed by atoms with Gasteiger partial charge in [-0.25, -0.2) is 4.72 Å². The number of carbonyl (C=O) groups is 1. The molecule has 24 heavy (non-hydrogen) atoms.